The molecule has 2 N–H and O–H groups in total. The fourth-order valence-corrected chi connectivity index (χ4v) is 4.49. The normalized spacial score (nSPS) is 15.1. The SMILES string of the molecule is COc1ccccc1C1CCN(C(=O)c2cn(CCN)c3cc(Cl)ccc23)CC1. The van der Waals surface area contributed by atoms with Gasteiger partial charge in [0.2, 0.25) is 0 Å². The number of aromatic nitrogens is 1. The lowest BCUT2D eigenvalue weighted by Crippen LogP contribution is -2.37. The zero-order valence-corrected chi connectivity index (χ0v) is 17.4. The van der Waals surface area contributed by atoms with Crippen LogP contribution in [0.5, 0.6) is 5.75 Å². The van der Waals surface area contributed by atoms with E-state index in [4.69, 9.17) is 22.1 Å². The minimum atomic E-state index is 0.0755. The number of benzene rings is 2. The largest absolute Gasteiger partial charge is 0.496 e. The van der Waals surface area contributed by atoms with E-state index in [0.717, 1.165) is 48.1 Å². The molecule has 0 bridgehead atoms. The standard InChI is InChI=1S/C23H26ClN3O2/c1-29-22-5-3-2-4-18(22)16-8-11-26(12-9-16)23(28)20-15-27(13-10-25)21-14-17(24)6-7-19(20)21/h2-7,14-16H,8-13,25H2,1H3. The van der Waals surface area contributed by atoms with E-state index in [1.165, 1.54) is 5.56 Å². The summed E-state index contributed by atoms with van der Waals surface area (Å²) in [5, 5.41) is 1.59. The number of carbonyl (C=O) groups excluding carboxylic acids is 1. The maximum absolute atomic E-state index is 13.3. The van der Waals surface area contributed by atoms with Gasteiger partial charge in [-0.1, -0.05) is 35.9 Å². The number of hydrogen-bond donors (Lipinski definition) is 1. The van der Waals surface area contributed by atoms with Crippen LogP contribution in [0, 0.1) is 0 Å². The van der Waals surface area contributed by atoms with Gasteiger partial charge in [0.1, 0.15) is 5.75 Å². The molecular weight excluding hydrogens is 386 g/mol. The van der Waals surface area contributed by atoms with Crippen LogP contribution in [-0.2, 0) is 6.54 Å². The summed E-state index contributed by atoms with van der Waals surface area (Å²) >= 11 is 6.18. The molecule has 5 nitrogen and oxygen atoms in total. The minimum absolute atomic E-state index is 0.0755. The zero-order chi connectivity index (χ0) is 20.4. The van der Waals surface area contributed by atoms with Crippen LogP contribution in [0.3, 0.4) is 0 Å². The average Bonchev–Trinajstić information content (AvgIpc) is 3.11. The van der Waals surface area contributed by atoms with E-state index >= 15 is 0 Å². The lowest BCUT2D eigenvalue weighted by molar-refractivity contribution is 0.0714. The number of carbonyl (C=O) groups is 1. The van der Waals surface area contributed by atoms with Gasteiger partial charge < -0.3 is 19.9 Å². The van der Waals surface area contributed by atoms with Gasteiger partial charge in [-0.3, -0.25) is 4.79 Å². The predicted octanol–water partition coefficient (Wildman–Crippen LogP) is 4.28. The van der Waals surface area contributed by atoms with Crippen LogP contribution >= 0.6 is 11.6 Å². The van der Waals surface area contributed by atoms with Gasteiger partial charge >= 0.3 is 0 Å². The molecule has 1 aliphatic rings. The van der Waals surface area contributed by atoms with E-state index in [0.29, 0.717) is 24.0 Å². The number of fused-ring (bicyclic) bond motifs is 1. The maximum atomic E-state index is 13.3. The van der Waals surface area contributed by atoms with Crippen molar-refractivity contribution in [1.29, 1.82) is 0 Å². The Morgan fingerprint density at radius 3 is 2.69 bits per heavy atom. The molecule has 152 valence electrons. The molecule has 1 amide bonds. The van der Waals surface area contributed by atoms with E-state index in [1.807, 2.05) is 52.1 Å². The van der Waals surface area contributed by atoms with Crippen molar-refractivity contribution in [2.45, 2.75) is 25.3 Å². The second-order valence-corrected chi connectivity index (χ2v) is 7.93. The Balaban J connectivity index is 1.54. The number of amides is 1. The lowest BCUT2D eigenvalue weighted by atomic mass is 9.88. The van der Waals surface area contributed by atoms with Crippen LogP contribution in [0.4, 0.5) is 0 Å². The van der Waals surface area contributed by atoms with Crippen LogP contribution < -0.4 is 10.5 Å². The predicted molar refractivity (Wildman–Crippen MR) is 117 cm³/mol. The molecular formula is C23H26ClN3O2. The third-order valence-corrected chi connectivity index (χ3v) is 6.04. The first-order chi connectivity index (χ1) is 14.1. The Labute approximate surface area is 176 Å². The molecule has 0 saturated carbocycles. The van der Waals surface area contributed by atoms with Crippen LogP contribution in [-0.4, -0.2) is 42.1 Å². The third-order valence-electron chi connectivity index (χ3n) is 5.81. The number of ether oxygens (including phenoxy) is 1. The molecule has 1 aromatic heterocycles. The molecule has 3 aromatic rings. The third kappa shape index (κ3) is 3.85. The first-order valence-corrected chi connectivity index (χ1v) is 10.4. The first kappa shape index (κ1) is 19.8. The number of halogens is 1. The molecule has 2 aromatic carbocycles. The van der Waals surface area contributed by atoms with Gasteiger partial charge in [0.15, 0.2) is 0 Å². The van der Waals surface area contributed by atoms with Crippen molar-refractivity contribution < 1.29 is 9.53 Å². The van der Waals surface area contributed by atoms with Crippen molar-refractivity contribution in [2.24, 2.45) is 5.73 Å². The van der Waals surface area contributed by atoms with Gasteiger partial charge in [-0.05, 0) is 42.5 Å². The Hall–Kier alpha value is -2.50. The smallest absolute Gasteiger partial charge is 0.256 e. The number of nitrogens with zero attached hydrogens (tertiary/aromatic N) is 2. The molecule has 1 aliphatic heterocycles. The second kappa shape index (κ2) is 8.47. The Morgan fingerprint density at radius 2 is 1.97 bits per heavy atom. The minimum Gasteiger partial charge on any atom is -0.496 e. The summed E-state index contributed by atoms with van der Waals surface area (Å²) in [6, 6.07) is 13.8. The summed E-state index contributed by atoms with van der Waals surface area (Å²) in [7, 11) is 1.71. The number of piperidine rings is 1. The summed E-state index contributed by atoms with van der Waals surface area (Å²) in [5.41, 5.74) is 8.66. The quantitative estimate of drug-likeness (QED) is 0.681. The van der Waals surface area contributed by atoms with Crippen LogP contribution in [0.25, 0.3) is 10.9 Å². The molecule has 1 saturated heterocycles. The summed E-state index contributed by atoms with van der Waals surface area (Å²) < 4.78 is 7.55. The van der Waals surface area contributed by atoms with Crippen LogP contribution in [0.1, 0.15) is 34.7 Å². The van der Waals surface area contributed by atoms with Gasteiger partial charge in [0, 0.05) is 42.8 Å². The van der Waals surface area contributed by atoms with Crippen molar-refractivity contribution in [1.82, 2.24) is 9.47 Å². The molecule has 6 heteroatoms. The van der Waals surface area contributed by atoms with Crippen molar-refractivity contribution in [3.63, 3.8) is 0 Å². The summed E-state index contributed by atoms with van der Waals surface area (Å²) in [4.78, 5) is 15.3. The van der Waals surface area contributed by atoms with Gasteiger partial charge in [0.05, 0.1) is 18.2 Å². The Bertz CT molecular complexity index is 1020. The van der Waals surface area contributed by atoms with Crippen LogP contribution in [0.2, 0.25) is 5.02 Å². The van der Waals surface area contributed by atoms with Gasteiger partial charge in [-0.2, -0.15) is 0 Å². The van der Waals surface area contributed by atoms with Crippen LogP contribution in [0.15, 0.2) is 48.7 Å². The fraction of sp³-hybridized carbons (Fsp3) is 0.348. The molecule has 1 fully saturated rings. The Morgan fingerprint density at radius 1 is 1.21 bits per heavy atom. The highest BCUT2D eigenvalue weighted by Crippen LogP contribution is 2.35. The van der Waals surface area contributed by atoms with E-state index in [2.05, 4.69) is 6.07 Å². The molecule has 29 heavy (non-hydrogen) atoms. The van der Waals surface area contributed by atoms with E-state index < -0.39 is 0 Å². The molecule has 0 radical (unpaired) electrons. The van der Waals surface area contributed by atoms with E-state index in [-0.39, 0.29) is 5.91 Å². The van der Waals surface area contributed by atoms with Gasteiger partial charge in [-0.25, -0.2) is 0 Å². The number of nitrogens with two attached hydrogens (primary N) is 1. The molecule has 0 unspecified atom stereocenters. The molecule has 2 heterocycles. The molecule has 0 atom stereocenters. The number of hydrogen-bond acceptors (Lipinski definition) is 3. The molecule has 0 spiro atoms. The lowest BCUT2D eigenvalue weighted by Gasteiger charge is -2.32. The van der Waals surface area contributed by atoms with Crippen molar-refractivity contribution in [2.75, 3.05) is 26.7 Å². The number of methoxy groups -OCH3 is 1. The monoisotopic (exact) mass is 411 g/mol. The van der Waals surface area contributed by atoms with E-state index in [9.17, 15) is 4.79 Å². The summed E-state index contributed by atoms with van der Waals surface area (Å²) in [5.74, 6) is 1.41. The zero-order valence-electron chi connectivity index (χ0n) is 16.6. The Kier molecular flexibility index (Phi) is 5.79. The van der Waals surface area contributed by atoms with Gasteiger partial charge in [0.25, 0.3) is 5.91 Å². The maximum Gasteiger partial charge on any atom is 0.256 e. The van der Waals surface area contributed by atoms with Crippen molar-refractivity contribution in [3.05, 3.63) is 64.8 Å². The number of likely N-dealkylation sites (tertiary alicyclic amines) is 1. The fourth-order valence-electron chi connectivity index (χ4n) is 4.33. The van der Waals surface area contributed by atoms with E-state index in [1.54, 1.807) is 7.11 Å². The topological polar surface area (TPSA) is 60.5 Å². The highest BCUT2D eigenvalue weighted by atomic mass is 35.5. The average molecular weight is 412 g/mol. The highest BCUT2D eigenvalue weighted by molar-refractivity contribution is 6.31. The number of para-hydroxylation sites is 1. The molecule has 4 rings (SSSR count). The first-order valence-electron chi connectivity index (χ1n) is 10.0. The number of rotatable bonds is 5. The summed E-state index contributed by atoms with van der Waals surface area (Å²) in [6.45, 7) is 2.63. The highest BCUT2D eigenvalue weighted by Gasteiger charge is 2.27. The second-order valence-electron chi connectivity index (χ2n) is 7.49. The van der Waals surface area contributed by atoms with Crippen molar-refractivity contribution >= 4 is 28.4 Å². The van der Waals surface area contributed by atoms with Crippen molar-refractivity contribution in [3.8, 4) is 5.75 Å². The summed E-state index contributed by atoms with van der Waals surface area (Å²) in [6.07, 6.45) is 3.78. The molecule has 0 aliphatic carbocycles. The van der Waals surface area contributed by atoms with Gasteiger partial charge in [-0.15, -0.1) is 0 Å².